The number of nitrogens with one attached hydrogen (secondary N) is 1. The molecule has 0 bridgehead atoms. The quantitative estimate of drug-likeness (QED) is 0.397. The molecule has 0 spiro atoms. The second kappa shape index (κ2) is 9.09. The third kappa shape index (κ3) is 5.77. The highest BCUT2D eigenvalue weighted by Gasteiger charge is 2.13. The highest BCUT2D eigenvalue weighted by Crippen LogP contribution is 2.22. The predicted octanol–water partition coefficient (Wildman–Crippen LogP) is 3.09. The Morgan fingerprint density at radius 2 is 1.85 bits per heavy atom. The van der Waals surface area contributed by atoms with Gasteiger partial charge >= 0.3 is 0 Å². The van der Waals surface area contributed by atoms with Gasteiger partial charge in [0.1, 0.15) is 0 Å². The van der Waals surface area contributed by atoms with Crippen molar-refractivity contribution < 1.29 is 18.1 Å². The molecule has 0 aliphatic heterocycles. The van der Waals surface area contributed by atoms with Crippen molar-refractivity contribution in [2.24, 2.45) is 0 Å². The van der Waals surface area contributed by atoms with Crippen LogP contribution in [-0.2, 0) is 21.2 Å². The monoisotopic (exact) mass is 398 g/mol. The fourth-order valence-electron chi connectivity index (χ4n) is 2.19. The molecule has 140 valence electrons. The number of rotatable bonds is 9. The van der Waals surface area contributed by atoms with Gasteiger partial charge in [-0.3, -0.25) is 10.1 Å². The lowest BCUT2D eigenvalue weighted by atomic mass is 10.1. The normalized spacial score (nSPS) is 11.5. The lowest BCUT2D eigenvalue weighted by Gasteiger charge is -2.08. The summed E-state index contributed by atoms with van der Waals surface area (Å²) in [6.07, 6.45) is 0.474. The van der Waals surface area contributed by atoms with Crippen LogP contribution in [0.3, 0.4) is 0 Å². The zero-order valence-corrected chi connectivity index (χ0v) is 15.7. The van der Waals surface area contributed by atoms with Crippen LogP contribution in [0.1, 0.15) is 11.1 Å². The molecule has 26 heavy (non-hydrogen) atoms. The molecule has 0 saturated heterocycles. The first-order valence-electron chi connectivity index (χ1n) is 7.86. The molecule has 0 atom stereocenters. The summed E-state index contributed by atoms with van der Waals surface area (Å²) in [5.74, 6) is 0. The number of non-ortho nitro benzene ring substituents is 1. The maximum atomic E-state index is 12.1. The van der Waals surface area contributed by atoms with E-state index in [1.54, 1.807) is 30.3 Å². The molecule has 2 aromatic carbocycles. The van der Waals surface area contributed by atoms with Gasteiger partial charge in [-0.1, -0.05) is 35.4 Å². The Hall–Kier alpha value is -2.00. The summed E-state index contributed by atoms with van der Waals surface area (Å²) in [6, 6.07) is 10.8. The Morgan fingerprint density at radius 1 is 1.15 bits per heavy atom. The molecule has 0 aliphatic carbocycles. The van der Waals surface area contributed by atoms with E-state index in [2.05, 4.69) is 4.72 Å². The maximum absolute atomic E-state index is 12.1. The van der Waals surface area contributed by atoms with Crippen LogP contribution in [0.15, 0.2) is 47.4 Å². The van der Waals surface area contributed by atoms with E-state index in [1.807, 2.05) is 6.92 Å². The van der Waals surface area contributed by atoms with Crippen molar-refractivity contribution in [1.29, 1.82) is 0 Å². The van der Waals surface area contributed by atoms with E-state index in [0.29, 0.717) is 18.1 Å². The van der Waals surface area contributed by atoms with Crippen LogP contribution in [0.5, 0.6) is 0 Å². The number of ether oxygens (including phenoxy) is 1. The van der Waals surface area contributed by atoms with Gasteiger partial charge in [-0.2, -0.15) is 0 Å². The van der Waals surface area contributed by atoms with E-state index in [1.165, 1.54) is 12.1 Å². The van der Waals surface area contributed by atoms with Gasteiger partial charge in [0.25, 0.3) is 5.69 Å². The van der Waals surface area contributed by atoms with Crippen LogP contribution in [-0.4, -0.2) is 33.1 Å². The molecule has 0 aliphatic rings. The predicted molar refractivity (Wildman–Crippen MR) is 99.0 cm³/mol. The summed E-state index contributed by atoms with van der Waals surface area (Å²) in [7, 11) is -3.55. The van der Waals surface area contributed by atoms with Crippen molar-refractivity contribution in [2.45, 2.75) is 18.2 Å². The smallest absolute Gasteiger partial charge is 0.270 e. The second-order valence-corrected chi connectivity index (χ2v) is 7.78. The third-order valence-electron chi connectivity index (χ3n) is 3.63. The van der Waals surface area contributed by atoms with Crippen molar-refractivity contribution in [3.63, 3.8) is 0 Å². The Labute approximate surface area is 157 Å². The lowest BCUT2D eigenvalue weighted by molar-refractivity contribution is -0.384. The van der Waals surface area contributed by atoms with Gasteiger partial charge in [-0.15, -0.1) is 0 Å². The Morgan fingerprint density at radius 3 is 2.46 bits per heavy atom. The van der Waals surface area contributed by atoms with Gasteiger partial charge in [0.15, 0.2) is 0 Å². The first kappa shape index (κ1) is 20.3. The van der Waals surface area contributed by atoms with Crippen LogP contribution in [0.25, 0.3) is 0 Å². The highest BCUT2D eigenvalue weighted by molar-refractivity contribution is 7.89. The summed E-state index contributed by atoms with van der Waals surface area (Å²) in [5.41, 5.74) is 1.65. The van der Waals surface area contributed by atoms with Gasteiger partial charge in [0, 0.05) is 18.7 Å². The molecule has 0 unspecified atom stereocenters. The number of nitrogens with zero attached hydrogens (tertiary/aromatic N) is 1. The van der Waals surface area contributed by atoms with Crippen LogP contribution < -0.4 is 4.72 Å². The Kier molecular flexibility index (Phi) is 7.10. The molecule has 0 fully saturated rings. The van der Waals surface area contributed by atoms with Crippen LogP contribution in [0, 0.1) is 17.0 Å². The molecule has 0 radical (unpaired) electrons. The number of benzene rings is 2. The largest absolute Gasteiger partial charge is 0.380 e. The fraction of sp³-hybridized carbons (Fsp3) is 0.294. The molecule has 0 aromatic heterocycles. The van der Waals surface area contributed by atoms with Crippen molar-refractivity contribution in [1.82, 2.24) is 4.72 Å². The maximum Gasteiger partial charge on any atom is 0.270 e. The molecule has 9 heteroatoms. The first-order valence-corrected chi connectivity index (χ1v) is 9.72. The van der Waals surface area contributed by atoms with Crippen molar-refractivity contribution in [3.05, 3.63) is 68.7 Å². The highest BCUT2D eigenvalue weighted by atomic mass is 35.5. The van der Waals surface area contributed by atoms with E-state index in [4.69, 9.17) is 16.3 Å². The minimum absolute atomic E-state index is 0.0646. The second-order valence-electron chi connectivity index (χ2n) is 5.61. The SMILES string of the molecule is Cc1ccc(S(=O)(=O)NCCOCCc2ccc([N+](=O)[O-])cc2Cl)cc1. The number of hydrogen-bond acceptors (Lipinski definition) is 5. The number of aryl methyl sites for hydroxylation is 1. The molecular weight excluding hydrogens is 380 g/mol. The van der Waals surface area contributed by atoms with E-state index in [9.17, 15) is 18.5 Å². The minimum atomic E-state index is -3.55. The summed E-state index contributed by atoms with van der Waals surface area (Å²) >= 11 is 6.00. The molecule has 0 amide bonds. The van der Waals surface area contributed by atoms with Crippen LogP contribution in [0.2, 0.25) is 5.02 Å². The third-order valence-corrected chi connectivity index (χ3v) is 5.46. The zero-order chi connectivity index (χ0) is 19.2. The summed E-state index contributed by atoms with van der Waals surface area (Å²) < 4.78 is 32.1. The van der Waals surface area contributed by atoms with E-state index in [0.717, 1.165) is 11.1 Å². The lowest BCUT2D eigenvalue weighted by Crippen LogP contribution is -2.27. The average Bonchev–Trinajstić information content (AvgIpc) is 2.59. The van der Waals surface area contributed by atoms with Gasteiger partial charge in [0.05, 0.1) is 28.1 Å². The minimum Gasteiger partial charge on any atom is -0.380 e. The Bertz CT molecular complexity index is 869. The molecule has 2 rings (SSSR count). The molecular formula is C17H19ClN2O5S. The van der Waals surface area contributed by atoms with Gasteiger partial charge in [0.2, 0.25) is 10.0 Å². The molecule has 0 heterocycles. The Balaban J connectivity index is 1.74. The standard InChI is InChI=1S/C17H19ClN2O5S/c1-13-2-6-16(7-3-13)26(23,24)19-9-11-25-10-8-14-4-5-15(20(21)22)12-17(14)18/h2-7,12,19H,8-11H2,1H3. The van der Waals surface area contributed by atoms with E-state index in [-0.39, 0.29) is 23.7 Å². The first-order chi connectivity index (χ1) is 12.3. The van der Waals surface area contributed by atoms with Crippen LogP contribution in [0.4, 0.5) is 5.69 Å². The number of nitro benzene ring substituents is 1. The fourth-order valence-corrected chi connectivity index (χ4v) is 3.47. The average molecular weight is 399 g/mol. The molecule has 1 N–H and O–H groups in total. The summed E-state index contributed by atoms with van der Waals surface area (Å²) in [6.45, 7) is 2.55. The molecule has 2 aromatic rings. The topological polar surface area (TPSA) is 98.5 Å². The number of nitro groups is 1. The van der Waals surface area contributed by atoms with E-state index < -0.39 is 14.9 Å². The van der Waals surface area contributed by atoms with Crippen LogP contribution >= 0.6 is 11.6 Å². The van der Waals surface area contributed by atoms with Crippen molar-refractivity contribution in [3.8, 4) is 0 Å². The van der Waals surface area contributed by atoms with Gasteiger partial charge in [-0.25, -0.2) is 13.1 Å². The number of sulfonamides is 1. The summed E-state index contributed by atoms with van der Waals surface area (Å²) in [4.78, 5) is 10.4. The van der Waals surface area contributed by atoms with Crippen molar-refractivity contribution >= 4 is 27.3 Å². The molecule has 0 saturated carbocycles. The summed E-state index contributed by atoms with van der Waals surface area (Å²) in [5, 5.41) is 11.0. The van der Waals surface area contributed by atoms with Gasteiger partial charge < -0.3 is 4.74 Å². The van der Waals surface area contributed by atoms with Crippen molar-refractivity contribution in [2.75, 3.05) is 19.8 Å². The zero-order valence-electron chi connectivity index (χ0n) is 14.1. The molecule has 7 nitrogen and oxygen atoms in total. The van der Waals surface area contributed by atoms with E-state index >= 15 is 0 Å². The number of hydrogen-bond donors (Lipinski definition) is 1. The van der Waals surface area contributed by atoms with Gasteiger partial charge in [-0.05, 0) is 31.0 Å². The number of halogens is 1.